The predicted molar refractivity (Wildman–Crippen MR) is 65.4 cm³/mol. The van der Waals surface area contributed by atoms with Gasteiger partial charge in [-0.15, -0.1) is 11.3 Å². The van der Waals surface area contributed by atoms with E-state index in [0.717, 1.165) is 25.1 Å². The number of nitrogens with zero attached hydrogens (tertiary/aromatic N) is 1. The van der Waals surface area contributed by atoms with Gasteiger partial charge in [0.25, 0.3) is 0 Å². The highest BCUT2D eigenvalue weighted by atomic mass is 32.1. The van der Waals surface area contributed by atoms with Gasteiger partial charge in [-0.2, -0.15) is 0 Å². The number of rotatable bonds is 5. The summed E-state index contributed by atoms with van der Waals surface area (Å²) < 4.78 is 5.33. The molecule has 0 spiro atoms. The first-order valence-electron chi connectivity index (χ1n) is 5.08. The molecule has 0 aliphatic heterocycles. The molecule has 0 amide bonds. The molecule has 0 unspecified atom stereocenters. The molecule has 84 valence electrons. The Hall–Kier alpha value is -1.55. The number of carbonyl (C=O) groups is 1. The first-order chi connectivity index (χ1) is 7.79. The van der Waals surface area contributed by atoms with E-state index in [2.05, 4.69) is 17.5 Å². The second-order valence-corrected chi connectivity index (χ2v) is 4.58. The number of aldehydes is 1. The van der Waals surface area contributed by atoms with Crippen LogP contribution in [0.3, 0.4) is 0 Å². The van der Waals surface area contributed by atoms with Crippen LogP contribution in [0.25, 0.3) is 0 Å². The van der Waals surface area contributed by atoms with E-state index in [-0.39, 0.29) is 0 Å². The lowest BCUT2D eigenvalue weighted by Gasteiger charge is -2.14. The molecule has 16 heavy (non-hydrogen) atoms. The Bertz CT molecular complexity index is 447. The maximum absolute atomic E-state index is 10.5. The zero-order valence-electron chi connectivity index (χ0n) is 9.05. The van der Waals surface area contributed by atoms with Gasteiger partial charge in [0, 0.05) is 24.5 Å². The third-order valence-corrected chi connectivity index (χ3v) is 3.31. The maximum Gasteiger partial charge on any atom is 0.196 e. The standard InChI is InChI=1S/C12H13NO2S/c1-13(7-6-11-3-2-8-16-11)12-5-4-10(9-14)15-12/h2-5,8-9H,6-7H2,1H3. The fraction of sp³-hybridized carbons (Fsp3) is 0.250. The van der Waals surface area contributed by atoms with Crippen molar-refractivity contribution in [2.75, 3.05) is 18.5 Å². The molecule has 2 aromatic heterocycles. The van der Waals surface area contributed by atoms with Gasteiger partial charge in [0.2, 0.25) is 0 Å². The monoisotopic (exact) mass is 235 g/mol. The highest BCUT2D eigenvalue weighted by Gasteiger charge is 2.06. The van der Waals surface area contributed by atoms with Crippen molar-refractivity contribution in [3.63, 3.8) is 0 Å². The molecule has 2 heterocycles. The molecule has 0 N–H and O–H groups in total. The largest absolute Gasteiger partial charge is 0.438 e. The molecule has 0 saturated heterocycles. The lowest BCUT2D eigenvalue weighted by atomic mass is 10.3. The summed E-state index contributed by atoms with van der Waals surface area (Å²) in [5.74, 6) is 1.11. The van der Waals surface area contributed by atoms with Gasteiger partial charge in [0.1, 0.15) is 0 Å². The number of furan rings is 1. The summed E-state index contributed by atoms with van der Waals surface area (Å²) in [5.41, 5.74) is 0. The van der Waals surface area contributed by atoms with Crippen LogP contribution in [0.15, 0.2) is 34.1 Å². The van der Waals surface area contributed by atoms with Crippen molar-refractivity contribution < 1.29 is 9.21 Å². The highest BCUT2D eigenvalue weighted by Crippen LogP contribution is 2.17. The molecule has 2 aromatic rings. The number of hydrogen-bond donors (Lipinski definition) is 0. The Balaban J connectivity index is 1.92. The van der Waals surface area contributed by atoms with Gasteiger partial charge in [0.05, 0.1) is 0 Å². The molecule has 0 aliphatic rings. The van der Waals surface area contributed by atoms with Gasteiger partial charge in [-0.1, -0.05) is 6.07 Å². The van der Waals surface area contributed by atoms with Crippen molar-refractivity contribution in [3.8, 4) is 0 Å². The van der Waals surface area contributed by atoms with Gasteiger partial charge in [0.15, 0.2) is 17.9 Å². The van der Waals surface area contributed by atoms with Crippen LogP contribution in [0, 0.1) is 0 Å². The third kappa shape index (κ3) is 2.52. The summed E-state index contributed by atoms with van der Waals surface area (Å²) >= 11 is 1.76. The number of thiophene rings is 1. The molecule has 0 bridgehead atoms. The molecule has 0 fully saturated rings. The minimum Gasteiger partial charge on any atom is -0.438 e. The Morgan fingerprint density at radius 1 is 1.44 bits per heavy atom. The zero-order valence-corrected chi connectivity index (χ0v) is 9.87. The summed E-state index contributed by atoms with van der Waals surface area (Å²) in [4.78, 5) is 13.8. The van der Waals surface area contributed by atoms with Gasteiger partial charge in [-0.3, -0.25) is 4.79 Å². The first-order valence-corrected chi connectivity index (χ1v) is 5.96. The lowest BCUT2D eigenvalue weighted by molar-refractivity contribution is 0.110. The van der Waals surface area contributed by atoms with E-state index in [0.29, 0.717) is 5.76 Å². The Morgan fingerprint density at radius 2 is 2.31 bits per heavy atom. The van der Waals surface area contributed by atoms with Crippen molar-refractivity contribution in [3.05, 3.63) is 40.3 Å². The Kier molecular flexibility index (Phi) is 3.41. The van der Waals surface area contributed by atoms with E-state index in [9.17, 15) is 4.79 Å². The zero-order chi connectivity index (χ0) is 11.4. The van der Waals surface area contributed by atoms with E-state index in [1.54, 1.807) is 17.4 Å². The van der Waals surface area contributed by atoms with Crippen LogP contribution in [0.5, 0.6) is 0 Å². The van der Waals surface area contributed by atoms with E-state index in [1.165, 1.54) is 4.88 Å². The Labute approximate surface area is 98.3 Å². The van der Waals surface area contributed by atoms with E-state index in [4.69, 9.17) is 4.42 Å². The average molecular weight is 235 g/mol. The average Bonchev–Trinajstić information content (AvgIpc) is 2.96. The molecule has 0 radical (unpaired) electrons. The summed E-state index contributed by atoms with van der Waals surface area (Å²) in [7, 11) is 1.96. The number of hydrogen-bond acceptors (Lipinski definition) is 4. The lowest BCUT2D eigenvalue weighted by Crippen LogP contribution is -2.19. The summed E-state index contributed by atoms with van der Waals surface area (Å²) in [6.45, 7) is 0.881. The summed E-state index contributed by atoms with van der Waals surface area (Å²) in [6, 6.07) is 7.68. The molecular formula is C12H13NO2S. The molecule has 4 heteroatoms. The molecule has 0 atom stereocenters. The van der Waals surface area contributed by atoms with Crippen molar-refractivity contribution in [2.45, 2.75) is 6.42 Å². The second-order valence-electron chi connectivity index (χ2n) is 3.54. The van der Waals surface area contributed by atoms with E-state index < -0.39 is 0 Å². The van der Waals surface area contributed by atoms with E-state index in [1.807, 2.05) is 18.0 Å². The first kappa shape index (κ1) is 11.0. The fourth-order valence-corrected chi connectivity index (χ4v) is 2.15. The Morgan fingerprint density at radius 3 is 2.94 bits per heavy atom. The molecular weight excluding hydrogens is 222 g/mol. The van der Waals surface area contributed by atoms with Crippen LogP contribution >= 0.6 is 11.3 Å². The summed E-state index contributed by atoms with van der Waals surface area (Å²) in [6.07, 6.45) is 1.71. The smallest absolute Gasteiger partial charge is 0.196 e. The van der Waals surface area contributed by atoms with Gasteiger partial charge >= 0.3 is 0 Å². The number of anilines is 1. The van der Waals surface area contributed by atoms with Crippen LogP contribution in [0.4, 0.5) is 5.88 Å². The van der Waals surface area contributed by atoms with Gasteiger partial charge in [-0.05, 0) is 23.9 Å². The van der Waals surface area contributed by atoms with Crippen molar-refractivity contribution in [1.82, 2.24) is 0 Å². The normalized spacial score (nSPS) is 10.3. The van der Waals surface area contributed by atoms with Crippen LogP contribution in [-0.2, 0) is 6.42 Å². The molecule has 0 aliphatic carbocycles. The molecule has 0 saturated carbocycles. The summed E-state index contributed by atoms with van der Waals surface area (Å²) in [5, 5.41) is 2.08. The minimum absolute atomic E-state index is 0.373. The molecule has 2 rings (SSSR count). The SMILES string of the molecule is CN(CCc1cccs1)c1ccc(C=O)o1. The van der Waals surface area contributed by atoms with Crippen LogP contribution < -0.4 is 4.90 Å². The topological polar surface area (TPSA) is 33.5 Å². The van der Waals surface area contributed by atoms with E-state index >= 15 is 0 Å². The molecule has 0 aromatic carbocycles. The highest BCUT2D eigenvalue weighted by molar-refractivity contribution is 7.09. The van der Waals surface area contributed by atoms with Gasteiger partial charge in [-0.25, -0.2) is 0 Å². The maximum atomic E-state index is 10.5. The molecule has 3 nitrogen and oxygen atoms in total. The van der Waals surface area contributed by atoms with Crippen molar-refractivity contribution in [2.24, 2.45) is 0 Å². The quantitative estimate of drug-likeness (QED) is 0.747. The predicted octanol–water partition coefficient (Wildman–Crippen LogP) is 2.83. The van der Waals surface area contributed by atoms with Crippen molar-refractivity contribution >= 4 is 23.5 Å². The van der Waals surface area contributed by atoms with Crippen LogP contribution in [0.1, 0.15) is 15.4 Å². The van der Waals surface area contributed by atoms with Gasteiger partial charge < -0.3 is 9.32 Å². The van der Waals surface area contributed by atoms with Crippen molar-refractivity contribution in [1.29, 1.82) is 0 Å². The van der Waals surface area contributed by atoms with Crippen LogP contribution in [0.2, 0.25) is 0 Å². The number of likely N-dealkylation sites (N-methyl/N-ethyl adjacent to an activating group) is 1. The second kappa shape index (κ2) is 4.99. The third-order valence-electron chi connectivity index (χ3n) is 2.38. The fourth-order valence-electron chi connectivity index (χ4n) is 1.45. The minimum atomic E-state index is 0.373. The van der Waals surface area contributed by atoms with Crippen LogP contribution in [-0.4, -0.2) is 19.9 Å². The number of carbonyl (C=O) groups excluding carboxylic acids is 1.